The summed E-state index contributed by atoms with van der Waals surface area (Å²) >= 11 is 0. The van der Waals surface area contributed by atoms with Crippen LogP contribution in [0.4, 0.5) is 0 Å². The van der Waals surface area contributed by atoms with Crippen LogP contribution < -0.4 is 0 Å². The molecule has 0 spiro atoms. The highest BCUT2D eigenvalue weighted by atomic mass is 16.5. The maximum Gasteiger partial charge on any atom is 0.310 e. The normalized spacial score (nSPS) is 23.7. The lowest BCUT2D eigenvalue weighted by molar-refractivity contribution is -0.144. The van der Waals surface area contributed by atoms with Crippen LogP contribution in [-0.4, -0.2) is 72.7 Å². The van der Waals surface area contributed by atoms with Gasteiger partial charge in [0.15, 0.2) is 0 Å². The van der Waals surface area contributed by atoms with Crippen molar-refractivity contribution >= 4 is 11.9 Å². The van der Waals surface area contributed by atoms with E-state index >= 15 is 0 Å². The van der Waals surface area contributed by atoms with Gasteiger partial charge in [0.05, 0.1) is 25.7 Å². The second-order valence-corrected chi connectivity index (χ2v) is 5.06. The molecule has 0 radical (unpaired) electrons. The molecular formula is C12H22N2O4. The Morgan fingerprint density at radius 2 is 1.94 bits per heavy atom. The molecule has 1 aliphatic heterocycles. The van der Waals surface area contributed by atoms with E-state index in [1.807, 2.05) is 13.8 Å². The molecule has 1 aliphatic rings. The van der Waals surface area contributed by atoms with Gasteiger partial charge in [-0.25, -0.2) is 0 Å². The summed E-state index contributed by atoms with van der Waals surface area (Å²) in [7, 11) is 3.52. The molecule has 1 N–H and O–H groups in total. The molecule has 2 atom stereocenters. The number of amides is 1. The lowest BCUT2D eigenvalue weighted by Gasteiger charge is -2.29. The maximum atomic E-state index is 11.9. The summed E-state index contributed by atoms with van der Waals surface area (Å²) in [4.78, 5) is 26.4. The van der Waals surface area contributed by atoms with Crippen molar-refractivity contribution in [2.45, 2.75) is 25.9 Å². The van der Waals surface area contributed by atoms with Crippen LogP contribution in [0.1, 0.15) is 13.8 Å². The van der Waals surface area contributed by atoms with Crippen molar-refractivity contribution in [2.24, 2.45) is 5.92 Å². The third kappa shape index (κ3) is 3.43. The Morgan fingerprint density at radius 3 is 2.44 bits per heavy atom. The third-order valence-electron chi connectivity index (χ3n) is 3.49. The molecule has 104 valence electrons. The van der Waals surface area contributed by atoms with Crippen LogP contribution in [0.25, 0.3) is 0 Å². The fourth-order valence-electron chi connectivity index (χ4n) is 1.94. The number of hydrogen-bond donors (Lipinski definition) is 1. The lowest BCUT2D eigenvalue weighted by atomic mass is 10.0. The van der Waals surface area contributed by atoms with E-state index in [0.717, 1.165) is 0 Å². The molecule has 1 fully saturated rings. The van der Waals surface area contributed by atoms with Crippen LogP contribution in [0.5, 0.6) is 0 Å². The summed E-state index contributed by atoms with van der Waals surface area (Å²) in [5, 5.41) is 9.06. The van der Waals surface area contributed by atoms with Crippen LogP contribution in [-0.2, 0) is 14.3 Å². The minimum Gasteiger partial charge on any atom is -0.481 e. The molecule has 1 heterocycles. The first-order valence-corrected chi connectivity index (χ1v) is 6.11. The highest BCUT2D eigenvalue weighted by Crippen LogP contribution is 2.18. The van der Waals surface area contributed by atoms with Gasteiger partial charge in [-0.15, -0.1) is 0 Å². The molecule has 1 rings (SSSR count). The molecule has 6 heteroatoms. The number of ether oxygens (including phenoxy) is 1. The summed E-state index contributed by atoms with van der Waals surface area (Å²) in [6.45, 7) is 4.68. The Hall–Kier alpha value is -1.14. The maximum absolute atomic E-state index is 11.9. The number of carboxylic acid groups (broad SMARTS) is 1. The van der Waals surface area contributed by atoms with Gasteiger partial charge in [-0.3, -0.25) is 14.5 Å². The summed E-state index contributed by atoms with van der Waals surface area (Å²) in [5.74, 6) is -1.43. The largest absolute Gasteiger partial charge is 0.481 e. The van der Waals surface area contributed by atoms with Crippen molar-refractivity contribution in [3.8, 4) is 0 Å². The molecule has 18 heavy (non-hydrogen) atoms. The van der Waals surface area contributed by atoms with E-state index in [9.17, 15) is 9.59 Å². The molecule has 1 saturated heterocycles. The van der Waals surface area contributed by atoms with E-state index in [1.165, 1.54) is 0 Å². The van der Waals surface area contributed by atoms with Crippen LogP contribution in [0.2, 0.25) is 0 Å². The van der Waals surface area contributed by atoms with Crippen LogP contribution in [0.15, 0.2) is 0 Å². The molecule has 0 aromatic heterocycles. The molecule has 1 amide bonds. The first-order chi connectivity index (χ1) is 8.34. The van der Waals surface area contributed by atoms with Crippen molar-refractivity contribution in [2.75, 3.05) is 33.9 Å². The highest BCUT2D eigenvalue weighted by molar-refractivity contribution is 5.78. The van der Waals surface area contributed by atoms with E-state index in [0.29, 0.717) is 6.61 Å². The van der Waals surface area contributed by atoms with Crippen LogP contribution in [0.3, 0.4) is 0 Å². The van der Waals surface area contributed by atoms with Crippen molar-refractivity contribution in [1.82, 2.24) is 9.80 Å². The lowest BCUT2D eigenvalue weighted by Crippen LogP contribution is -2.47. The summed E-state index contributed by atoms with van der Waals surface area (Å²) in [6.07, 6.45) is 0. The minimum absolute atomic E-state index is 0.0106. The second kappa shape index (κ2) is 6.15. The van der Waals surface area contributed by atoms with Gasteiger partial charge in [-0.1, -0.05) is 0 Å². The van der Waals surface area contributed by atoms with Gasteiger partial charge in [-0.2, -0.15) is 0 Å². The molecule has 0 saturated carbocycles. The predicted molar refractivity (Wildman–Crippen MR) is 66.3 cm³/mol. The molecular weight excluding hydrogens is 236 g/mol. The van der Waals surface area contributed by atoms with Crippen molar-refractivity contribution in [3.05, 3.63) is 0 Å². The number of carbonyl (C=O) groups excluding carboxylic acids is 1. The number of likely N-dealkylation sites (N-methyl/N-ethyl adjacent to an activating group) is 2. The predicted octanol–water partition coefficient (Wildman–Crippen LogP) is -0.115. The number of aliphatic carboxylic acids is 1. The number of nitrogens with zero attached hydrogens (tertiary/aromatic N) is 2. The average molecular weight is 258 g/mol. The standard InChI is InChI=1S/C12H22N2O4/c1-8(2)14(4)11(15)5-13(3)10-7-18-6-9(10)12(16)17/h8-10H,5-7H2,1-4H3,(H,16,17). The van der Waals surface area contributed by atoms with E-state index in [2.05, 4.69) is 0 Å². The van der Waals surface area contributed by atoms with Gasteiger partial charge in [0, 0.05) is 19.1 Å². The van der Waals surface area contributed by atoms with E-state index in [-0.39, 0.29) is 31.1 Å². The molecule has 2 unspecified atom stereocenters. The Morgan fingerprint density at radius 1 is 1.33 bits per heavy atom. The SMILES string of the molecule is CC(C)N(C)C(=O)CN(C)C1COCC1C(=O)O. The molecule has 6 nitrogen and oxygen atoms in total. The monoisotopic (exact) mass is 258 g/mol. The van der Waals surface area contributed by atoms with Gasteiger partial charge in [0.25, 0.3) is 0 Å². The summed E-state index contributed by atoms with van der Waals surface area (Å²) in [6, 6.07) is -0.0898. The van der Waals surface area contributed by atoms with Crippen molar-refractivity contribution in [3.63, 3.8) is 0 Å². The third-order valence-corrected chi connectivity index (χ3v) is 3.49. The average Bonchev–Trinajstić information content (AvgIpc) is 2.76. The zero-order chi connectivity index (χ0) is 13.9. The number of hydrogen-bond acceptors (Lipinski definition) is 4. The highest BCUT2D eigenvalue weighted by Gasteiger charge is 2.37. The molecule has 0 aliphatic carbocycles. The van der Waals surface area contributed by atoms with Gasteiger partial charge in [-0.05, 0) is 20.9 Å². The molecule has 0 bridgehead atoms. The smallest absolute Gasteiger partial charge is 0.310 e. The summed E-state index contributed by atoms with van der Waals surface area (Å²) < 4.78 is 5.19. The number of carbonyl (C=O) groups is 2. The zero-order valence-corrected chi connectivity index (χ0v) is 11.4. The van der Waals surface area contributed by atoms with Crippen LogP contribution in [0, 0.1) is 5.92 Å². The second-order valence-electron chi connectivity index (χ2n) is 5.06. The van der Waals surface area contributed by atoms with Gasteiger partial charge < -0.3 is 14.7 Å². The van der Waals surface area contributed by atoms with Gasteiger partial charge in [0.2, 0.25) is 5.91 Å². The molecule has 0 aromatic rings. The molecule has 0 aromatic carbocycles. The quantitative estimate of drug-likeness (QED) is 0.745. The zero-order valence-electron chi connectivity index (χ0n) is 11.4. The van der Waals surface area contributed by atoms with E-state index in [1.54, 1.807) is 23.9 Å². The number of carboxylic acids is 1. The van der Waals surface area contributed by atoms with Crippen molar-refractivity contribution in [1.29, 1.82) is 0 Å². The van der Waals surface area contributed by atoms with E-state index < -0.39 is 11.9 Å². The van der Waals surface area contributed by atoms with Crippen LogP contribution >= 0.6 is 0 Å². The topological polar surface area (TPSA) is 70.1 Å². The van der Waals surface area contributed by atoms with Gasteiger partial charge in [0.1, 0.15) is 0 Å². The Balaban J connectivity index is 2.57. The Labute approximate surface area is 107 Å². The fraction of sp³-hybridized carbons (Fsp3) is 0.833. The fourth-order valence-corrected chi connectivity index (χ4v) is 1.94. The Kier molecular flexibility index (Phi) is 5.10. The van der Waals surface area contributed by atoms with E-state index in [4.69, 9.17) is 9.84 Å². The minimum atomic E-state index is -0.867. The first kappa shape index (κ1) is 14.9. The Bertz CT molecular complexity index is 319. The number of rotatable bonds is 5. The summed E-state index contributed by atoms with van der Waals surface area (Å²) in [5.41, 5.74) is 0. The van der Waals surface area contributed by atoms with Gasteiger partial charge >= 0.3 is 5.97 Å². The van der Waals surface area contributed by atoms with Crippen molar-refractivity contribution < 1.29 is 19.4 Å². The first-order valence-electron chi connectivity index (χ1n) is 6.11.